The molecule has 0 aliphatic heterocycles. The molecule has 0 amide bonds. The third-order valence-corrected chi connectivity index (χ3v) is 6.54. The summed E-state index contributed by atoms with van der Waals surface area (Å²) in [4.78, 5) is 1.03. The molecule has 1 atom stereocenters. The van der Waals surface area contributed by atoms with Gasteiger partial charge in [-0.3, -0.25) is 0 Å². The van der Waals surface area contributed by atoms with Gasteiger partial charge in [0, 0.05) is 14.9 Å². The number of rotatable bonds is 4. The van der Waals surface area contributed by atoms with Gasteiger partial charge in [0.05, 0.1) is 23.4 Å². The molecule has 0 bridgehead atoms. The van der Waals surface area contributed by atoms with E-state index in [1.807, 2.05) is 24.3 Å². The molecule has 1 aromatic heterocycles. The van der Waals surface area contributed by atoms with Crippen molar-refractivity contribution < 1.29 is 9.47 Å². The van der Waals surface area contributed by atoms with Gasteiger partial charge >= 0.3 is 0 Å². The minimum atomic E-state index is -0.280. The average molecular weight is 427 g/mol. The second-order valence-electron chi connectivity index (χ2n) is 3.74. The van der Waals surface area contributed by atoms with E-state index in [1.54, 1.807) is 25.6 Å². The lowest BCUT2D eigenvalue weighted by atomic mass is 10.1. The van der Waals surface area contributed by atoms with Gasteiger partial charge < -0.3 is 9.47 Å². The van der Waals surface area contributed by atoms with Gasteiger partial charge in [-0.25, -0.2) is 0 Å². The standard InChI is InChI=1S/C13H11Br2ClO2S/c1-17-7-3-4-10(18-2)8(5-7)12(16)11-6-9(14)13(15)19-11/h3-6,12H,1-2H3. The second-order valence-corrected chi connectivity index (χ2v) is 7.43. The number of alkyl halides is 1. The van der Waals surface area contributed by atoms with Crippen molar-refractivity contribution in [2.45, 2.75) is 5.38 Å². The highest BCUT2D eigenvalue weighted by molar-refractivity contribution is 9.13. The van der Waals surface area contributed by atoms with E-state index in [4.69, 9.17) is 21.1 Å². The maximum atomic E-state index is 6.56. The molecule has 0 saturated heterocycles. The SMILES string of the molecule is COc1ccc(OC)c(C(Cl)c2cc(Br)c(Br)s2)c1. The third kappa shape index (κ3) is 3.27. The van der Waals surface area contributed by atoms with E-state index in [9.17, 15) is 0 Å². The first-order valence-electron chi connectivity index (χ1n) is 5.37. The zero-order chi connectivity index (χ0) is 14.0. The van der Waals surface area contributed by atoms with Gasteiger partial charge in [0.2, 0.25) is 0 Å². The van der Waals surface area contributed by atoms with Crippen molar-refractivity contribution in [1.82, 2.24) is 0 Å². The molecule has 1 unspecified atom stereocenters. The van der Waals surface area contributed by atoms with Crippen LogP contribution in [-0.2, 0) is 0 Å². The third-order valence-electron chi connectivity index (χ3n) is 2.62. The lowest BCUT2D eigenvalue weighted by molar-refractivity contribution is 0.399. The largest absolute Gasteiger partial charge is 0.497 e. The van der Waals surface area contributed by atoms with Gasteiger partial charge in [0.1, 0.15) is 11.5 Å². The monoisotopic (exact) mass is 424 g/mol. The molecule has 0 aliphatic carbocycles. The number of halogens is 3. The molecule has 1 aromatic carbocycles. The molecule has 0 saturated carbocycles. The van der Waals surface area contributed by atoms with Gasteiger partial charge in [-0.1, -0.05) is 0 Å². The van der Waals surface area contributed by atoms with Crippen LogP contribution in [0, 0.1) is 0 Å². The van der Waals surface area contributed by atoms with Crippen LogP contribution in [0.2, 0.25) is 0 Å². The summed E-state index contributed by atoms with van der Waals surface area (Å²) in [7, 11) is 3.27. The zero-order valence-electron chi connectivity index (χ0n) is 10.2. The fourth-order valence-corrected chi connectivity index (χ4v) is 4.13. The first-order valence-corrected chi connectivity index (χ1v) is 8.21. The summed E-state index contributed by atoms with van der Waals surface area (Å²) in [5.41, 5.74) is 0.893. The number of ether oxygens (including phenoxy) is 2. The molecule has 0 radical (unpaired) electrons. The average Bonchev–Trinajstić information content (AvgIpc) is 2.77. The van der Waals surface area contributed by atoms with Gasteiger partial charge in [-0.15, -0.1) is 22.9 Å². The number of hydrogen-bond donors (Lipinski definition) is 0. The predicted molar refractivity (Wildman–Crippen MR) is 87.0 cm³/mol. The van der Waals surface area contributed by atoms with Crippen LogP contribution in [0.25, 0.3) is 0 Å². The summed E-state index contributed by atoms with van der Waals surface area (Å²) in [6, 6.07) is 7.62. The molecule has 2 aromatic rings. The first-order chi connectivity index (χ1) is 9.06. The van der Waals surface area contributed by atoms with Crippen molar-refractivity contribution in [2.24, 2.45) is 0 Å². The quantitative estimate of drug-likeness (QED) is 0.591. The number of methoxy groups -OCH3 is 2. The Morgan fingerprint density at radius 1 is 1.16 bits per heavy atom. The minimum Gasteiger partial charge on any atom is -0.497 e. The number of benzene rings is 1. The van der Waals surface area contributed by atoms with E-state index in [0.717, 1.165) is 30.2 Å². The molecule has 2 nitrogen and oxygen atoms in total. The summed E-state index contributed by atoms with van der Waals surface area (Å²) < 4.78 is 12.6. The number of hydrogen-bond acceptors (Lipinski definition) is 3. The van der Waals surface area contributed by atoms with Gasteiger partial charge in [0.15, 0.2) is 0 Å². The van der Waals surface area contributed by atoms with Gasteiger partial charge in [0.25, 0.3) is 0 Å². The molecule has 1 heterocycles. The Morgan fingerprint density at radius 3 is 2.42 bits per heavy atom. The Bertz CT molecular complexity index is 567. The van der Waals surface area contributed by atoms with E-state index in [-0.39, 0.29) is 5.38 Å². The van der Waals surface area contributed by atoms with E-state index in [1.165, 1.54) is 0 Å². The van der Waals surface area contributed by atoms with Crippen LogP contribution < -0.4 is 9.47 Å². The molecule has 0 spiro atoms. The van der Waals surface area contributed by atoms with Crippen LogP contribution in [0.15, 0.2) is 32.5 Å². The molecular formula is C13H11Br2ClO2S. The fraction of sp³-hybridized carbons (Fsp3) is 0.231. The maximum Gasteiger partial charge on any atom is 0.124 e. The molecule has 0 aliphatic rings. The van der Waals surface area contributed by atoms with E-state index in [0.29, 0.717) is 0 Å². The molecular weight excluding hydrogens is 415 g/mol. The Balaban J connectivity index is 2.44. The summed E-state index contributed by atoms with van der Waals surface area (Å²) in [5, 5.41) is -0.280. The van der Waals surface area contributed by atoms with Crippen molar-refractivity contribution in [2.75, 3.05) is 14.2 Å². The van der Waals surface area contributed by atoms with Crippen LogP contribution in [-0.4, -0.2) is 14.2 Å². The highest BCUT2D eigenvalue weighted by atomic mass is 79.9. The smallest absolute Gasteiger partial charge is 0.124 e. The van der Waals surface area contributed by atoms with E-state index >= 15 is 0 Å². The molecule has 19 heavy (non-hydrogen) atoms. The van der Waals surface area contributed by atoms with Crippen LogP contribution in [0.5, 0.6) is 11.5 Å². The Hall–Kier alpha value is -0.230. The predicted octanol–water partition coefficient (Wildman–Crippen LogP) is 5.62. The second kappa shape index (κ2) is 6.48. The topological polar surface area (TPSA) is 18.5 Å². The van der Waals surface area contributed by atoms with Crippen molar-refractivity contribution in [1.29, 1.82) is 0 Å². The summed E-state index contributed by atoms with van der Waals surface area (Å²) in [5.74, 6) is 1.51. The molecule has 0 fully saturated rings. The van der Waals surface area contributed by atoms with E-state index < -0.39 is 0 Å². The van der Waals surface area contributed by atoms with Gasteiger partial charge in [-0.2, -0.15) is 0 Å². The van der Waals surface area contributed by atoms with Crippen molar-refractivity contribution >= 4 is 54.8 Å². The van der Waals surface area contributed by atoms with Crippen molar-refractivity contribution in [3.8, 4) is 11.5 Å². The summed E-state index contributed by atoms with van der Waals surface area (Å²) in [6.07, 6.45) is 0. The minimum absolute atomic E-state index is 0.280. The highest BCUT2D eigenvalue weighted by Crippen LogP contribution is 2.43. The van der Waals surface area contributed by atoms with E-state index in [2.05, 4.69) is 31.9 Å². The summed E-state index contributed by atoms with van der Waals surface area (Å²) >= 11 is 15.1. The van der Waals surface area contributed by atoms with Crippen LogP contribution >= 0.6 is 54.8 Å². The Labute approximate surface area is 137 Å². The van der Waals surface area contributed by atoms with Crippen LogP contribution in [0.1, 0.15) is 15.8 Å². The zero-order valence-corrected chi connectivity index (χ0v) is 15.0. The summed E-state index contributed by atoms with van der Waals surface area (Å²) in [6.45, 7) is 0. The first kappa shape index (κ1) is 15.2. The lowest BCUT2D eigenvalue weighted by Crippen LogP contribution is -1.97. The maximum absolute atomic E-state index is 6.56. The fourth-order valence-electron chi connectivity index (χ4n) is 1.68. The van der Waals surface area contributed by atoms with Crippen molar-refractivity contribution in [3.63, 3.8) is 0 Å². The Kier molecular flexibility index (Phi) is 5.17. The molecule has 0 N–H and O–H groups in total. The highest BCUT2D eigenvalue weighted by Gasteiger charge is 2.19. The number of thiophene rings is 1. The Morgan fingerprint density at radius 2 is 1.89 bits per heavy atom. The molecule has 6 heteroatoms. The lowest BCUT2D eigenvalue weighted by Gasteiger charge is -2.14. The van der Waals surface area contributed by atoms with Gasteiger partial charge in [-0.05, 0) is 56.1 Å². The molecule has 102 valence electrons. The normalized spacial score (nSPS) is 12.3. The van der Waals surface area contributed by atoms with Crippen molar-refractivity contribution in [3.05, 3.63) is 43.0 Å². The van der Waals surface area contributed by atoms with Crippen LogP contribution in [0.3, 0.4) is 0 Å². The van der Waals surface area contributed by atoms with Crippen LogP contribution in [0.4, 0.5) is 0 Å². The molecule has 2 rings (SSSR count).